The van der Waals surface area contributed by atoms with E-state index in [9.17, 15) is 15.3 Å². The van der Waals surface area contributed by atoms with Crippen LogP contribution in [0.1, 0.15) is 63.4 Å². The first-order valence-electron chi connectivity index (χ1n) is 14.6. The van der Waals surface area contributed by atoms with Crippen LogP contribution in [0.4, 0.5) is 0 Å². The molecular weight excluding hydrogens is 476 g/mol. The fourth-order valence-electron chi connectivity index (χ4n) is 9.73. The molecule has 0 amide bonds. The molecule has 9 atom stereocenters. The summed E-state index contributed by atoms with van der Waals surface area (Å²) in [6.45, 7) is 3.31. The molecule has 0 radical (unpaired) electrons. The molecule has 6 heteroatoms. The second kappa shape index (κ2) is 7.98. The zero-order valence-electron chi connectivity index (χ0n) is 22.1. The highest BCUT2D eigenvalue weighted by Gasteiger charge is 2.69. The number of hydrogen-bond donors (Lipinski definition) is 3. The predicted octanol–water partition coefficient (Wildman–Crippen LogP) is 3.85. The first-order chi connectivity index (χ1) is 18.3. The first kappa shape index (κ1) is 23.8. The van der Waals surface area contributed by atoms with Crippen LogP contribution >= 0.6 is 0 Å². The molecule has 3 N–H and O–H groups in total. The lowest BCUT2D eigenvalue weighted by atomic mass is 9.58. The molecule has 2 spiro atoms. The van der Waals surface area contributed by atoms with Gasteiger partial charge in [-0.1, -0.05) is 31.2 Å². The number of β-amino-alcohol motifs (C(OH)–C–C–N with tert-alkyl or cyclic N) is 2. The van der Waals surface area contributed by atoms with Crippen molar-refractivity contribution in [2.45, 2.75) is 93.3 Å². The third kappa shape index (κ3) is 2.99. The highest BCUT2D eigenvalue weighted by atomic mass is 16.5. The van der Waals surface area contributed by atoms with Crippen molar-refractivity contribution in [1.82, 2.24) is 9.88 Å². The Morgan fingerprint density at radius 3 is 2.63 bits per heavy atom. The largest absolute Gasteiger partial charge is 0.389 e. The fraction of sp³-hybridized carbons (Fsp3) is 0.594. The normalized spacial score (nSPS) is 45.9. The van der Waals surface area contributed by atoms with Crippen LogP contribution in [0.5, 0.6) is 0 Å². The van der Waals surface area contributed by atoms with E-state index < -0.39 is 23.9 Å². The molecule has 1 aromatic carbocycles. The Kier molecular flexibility index (Phi) is 4.99. The number of benzene rings is 1. The van der Waals surface area contributed by atoms with E-state index >= 15 is 0 Å². The Bertz CT molecular complexity index is 1360. The molecule has 6 aliphatic rings. The van der Waals surface area contributed by atoms with Crippen molar-refractivity contribution >= 4 is 10.8 Å². The fourth-order valence-corrected chi connectivity index (χ4v) is 9.73. The van der Waals surface area contributed by atoms with Crippen molar-refractivity contribution in [2.75, 3.05) is 13.1 Å². The molecule has 3 aliphatic carbocycles. The number of ether oxygens (including phenoxy) is 1. The van der Waals surface area contributed by atoms with Gasteiger partial charge in [-0.05, 0) is 96.4 Å². The number of pyridine rings is 1. The van der Waals surface area contributed by atoms with Crippen LogP contribution in [0.2, 0.25) is 0 Å². The molecule has 2 aromatic rings. The Morgan fingerprint density at radius 2 is 1.79 bits per heavy atom. The van der Waals surface area contributed by atoms with Gasteiger partial charge in [0.2, 0.25) is 0 Å². The minimum absolute atomic E-state index is 0.0957. The van der Waals surface area contributed by atoms with E-state index in [1.165, 1.54) is 27.5 Å². The van der Waals surface area contributed by atoms with Gasteiger partial charge in [-0.25, -0.2) is 0 Å². The first-order valence-corrected chi connectivity index (χ1v) is 14.6. The van der Waals surface area contributed by atoms with E-state index in [0.717, 1.165) is 44.9 Å². The third-order valence-corrected chi connectivity index (χ3v) is 11.6. The Hall–Kier alpha value is -2.09. The van der Waals surface area contributed by atoms with Gasteiger partial charge in [0.15, 0.2) is 0 Å². The van der Waals surface area contributed by atoms with Crippen molar-refractivity contribution in [3.05, 3.63) is 65.5 Å². The van der Waals surface area contributed by atoms with Crippen LogP contribution in [0.3, 0.4) is 0 Å². The summed E-state index contributed by atoms with van der Waals surface area (Å²) in [5.41, 5.74) is 3.12. The van der Waals surface area contributed by atoms with Crippen LogP contribution in [-0.4, -0.2) is 73.8 Å². The molecule has 1 unspecified atom stereocenters. The number of likely N-dealkylation sites (tertiary alicyclic amines) is 1. The van der Waals surface area contributed by atoms with Crippen molar-refractivity contribution in [2.24, 2.45) is 11.3 Å². The number of hydrogen-bond acceptors (Lipinski definition) is 6. The van der Waals surface area contributed by atoms with Crippen LogP contribution in [0.25, 0.3) is 10.8 Å². The molecule has 1 aromatic heterocycles. The highest BCUT2D eigenvalue weighted by molar-refractivity contribution is 5.82. The summed E-state index contributed by atoms with van der Waals surface area (Å²) in [4.78, 5) is 6.45. The average Bonchev–Trinajstić information content (AvgIpc) is 3.56. The molecule has 4 fully saturated rings. The molecule has 2 bridgehead atoms. The van der Waals surface area contributed by atoms with Crippen molar-refractivity contribution in [3.8, 4) is 0 Å². The van der Waals surface area contributed by atoms with Gasteiger partial charge in [-0.3, -0.25) is 9.88 Å². The standard InChI is InChI=1S/C32H38N2O4/c1-30-10-8-23-15-22-4-6-25(34-17-26(35)27(36)18-34)29(37)32(22)12-11-31(23,38-32)28(30)7-5-24(30)20-3-2-19-9-13-33-16-21(19)14-20/h2-3,8-9,13-16,24-29,35-37H,4-7,10-12,17-18H2,1H3/t24-,25-,26+,27+,28-,29+,30-,31?,32+/m1/s1. The van der Waals surface area contributed by atoms with Crippen molar-refractivity contribution < 1.29 is 20.1 Å². The molecular formula is C32H38N2O4. The summed E-state index contributed by atoms with van der Waals surface area (Å²) >= 11 is 0. The lowest BCUT2D eigenvalue weighted by Crippen LogP contribution is -2.62. The number of aliphatic hydroxyl groups is 3. The molecule has 2 saturated carbocycles. The number of rotatable bonds is 2. The molecule has 4 heterocycles. The van der Waals surface area contributed by atoms with Gasteiger partial charge < -0.3 is 20.1 Å². The maximum Gasteiger partial charge on any atom is 0.118 e. The SMILES string of the molecule is C[C@]12CC=C3C=C4CC[C@@H](N5C[C@H](O)[C@@H](O)C5)[C@H](O)[C@]45CCC3(O5)[C@@H]1CC[C@@H]2c1ccc2ccncc2c1. The lowest BCUT2D eigenvalue weighted by molar-refractivity contribution is -0.185. The van der Waals surface area contributed by atoms with Crippen LogP contribution in [0, 0.1) is 11.3 Å². The van der Waals surface area contributed by atoms with E-state index in [0.29, 0.717) is 24.9 Å². The smallest absolute Gasteiger partial charge is 0.118 e. The van der Waals surface area contributed by atoms with Crippen molar-refractivity contribution in [1.29, 1.82) is 0 Å². The summed E-state index contributed by atoms with van der Waals surface area (Å²) in [5, 5.41) is 34.7. The van der Waals surface area contributed by atoms with Gasteiger partial charge in [0.25, 0.3) is 0 Å². The molecule has 8 rings (SSSR count). The van der Waals surface area contributed by atoms with E-state index in [1.807, 2.05) is 12.4 Å². The Balaban J connectivity index is 1.14. The minimum atomic E-state index is -0.742. The summed E-state index contributed by atoms with van der Waals surface area (Å²) in [6.07, 6.45) is 13.4. The van der Waals surface area contributed by atoms with Crippen molar-refractivity contribution in [3.63, 3.8) is 0 Å². The zero-order valence-corrected chi connectivity index (χ0v) is 22.1. The van der Waals surface area contributed by atoms with Crippen LogP contribution in [-0.2, 0) is 4.74 Å². The number of fused-ring (bicyclic) bond motifs is 2. The second-order valence-corrected chi connectivity index (χ2v) is 13.2. The molecule has 200 valence electrons. The Labute approximate surface area is 224 Å². The maximum atomic E-state index is 11.9. The van der Waals surface area contributed by atoms with Gasteiger partial charge >= 0.3 is 0 Å². The summed E-state index contributed by atoms with van der Waals surface area (Å²) in [7, 11) is 0. The number of allylic oxidation sites excluding steroid dienone is 1. The quantitative estimate of drug-likeness (QED) is 0.565. The maximum absolute atomic E-state index is 11.9. The van der Waals surface area contributed by atoms with Crippen LogP contribution in [0.15, 0.2) is 60.0 Å². The van der Waals surface area contributed by atoms with Gasteiger partial charge in [-0.2, -0.15) is 0 Å². The predicted molar refractivity (Wildman–Crippen MR) is 144 cm³/mol. The second-order valence-electron chi connectivity index (χ2n) is 13.2. The molecule has 38 heavy (non-hydrogen) atoms. The third-order valence-electron chi connectivity index (χ3n) is 11.6. The Morgan fingerprint density at radius 1 is 0.974 bits per heavy atom. The molecule has 6 nitrogen and oxygen atoms in total. The van der Waals surface area contributed by atoms with E-state index in [1.54, 1.807) is 0 Å². The molecule has 2 saturated heterocycles. The van der Waals surface area contributed by atoms with Gasteiger partial charge in [0, 0.05) is 36.9 Å². The summed E-state index contributed by atoms with van der Waals surface area (Å²) in [6, 6.07) is 8.89. The number of aromatic nitrogens is 1. The number of aliphatic hydroxyl groups excluding tert-OH is 3. The topological polar surface area (TPSA) is 86.1 Å². The monoisotopic (exact) mass is 514 g/mol. The average molecular weight is 515 g/mol. The van der Waals surface area contributed by atoms with E-state index in [2.05, 4.69) is 53.2 Å². The van der Waals surface area contributed by atoms with Gasteiger partial charge in [0.05, 0.1) is 17.8 Å². The van der Waals surface area contributed by atoms with Gasteiger partial charge in [0.1, 0.15) is 11.7 Å². The minimum Gasteiger partial charge on any atom is -0.389 e. The summed E-state index contributed by atoms with van der Waals surface area (Å²) < 4.78 is 7.32. The van der Waals surface area contributed by atoms with E-state index in [4.69, 9.17) is 4.74 Å². The molecule has 3 aliphatic heterocycles. The lowest BCUT2D eigenvalue weighted by Gasteiger charge is -2.56. The summed E-state index contributed by atoms with van der Waals surface area (Å²) in [5.74, 6) is 0.871. The van der Waals surface area contributed by atoms with Gasteiger partial charge in [-0.15, -0.1) is 0 Å². The highest BCUT2D eigenvalue weighted by Crippen LogP contribution is 2.69. The number of nitrogens with zero attached hydrogens (tertiary/aromatic N) is 2. The zero-order chi connectivity index (χ0) is 25.9. The van der Waals surface area contributed by atoms with E-state index in [-0.39, 0.29) is 17.1 Å². The van der Waals surface area contributed by atoms with Crippen LogP contribution < -0.4 is 0 Å².